The van der Waals surface area contributed by atoms with Gasteiger partial charge in [0.1, 0.15) is 54.9 Å². The van der Waals surface area contributed by atoms with Crippen molar-refractivity contribution in [1.29, 1.82) is 0 Å². The van der Waals surface area contributed by atoms with E-state index in [-0.39, 0.29) is 35.2 Å². The fraction of sp³-hybridized carbons (Fsp3) is 0.235. The molecule has 0 amide bonds. The Hall–Kier alpha value is -17.4. The lowest BCUT2D eigenvalue weighted by atomic mass is 9.76. The molecule has 51 heteroatoms. The summed E-state index contributed by atoms with van der Waals surface area (Å²) in [5, 5.41) is 328. The predicted molar refractivity (Wildman–Crippen MR) is 426 cm³/mol. The number of phenolic OH excluding ortho intramolecular Hbond substituents is 25. The van der Waals surface area contributed by atoms with Gasteiger partial charge in [0.2, 0.25) is 51.6 Å². The Morgan fingerprint density at radius 1 is 0.390 bits per heavy atom. The number of hydrogen-bond acceptors (Lipinski definition) is 51. The molecule has 1 aliphatic carbocycles. The maximum atomic E-state index is 14.3. The molecule has 714 valence electrons. The van der Waals surface area contributed by atoms with Crippen LogP contribution in [-0.2, 0) is 68.3 Å². The van der Waals surface area contributed by atoms with Crippen LogP contribution in [0.3, 0.4) is 0 Å². The van der Waals surface area contributed by atoms with Gasteiger partial charge in [-0.1, -0.05) is 6.07 Å². The lowest BCUT2D eigenvalue weighted by Gasteiger charge is -2.43. The Kier molecular flexibility index (Phi) is 23.4. The Labute approximate surface area is 751 Å². The van der Waals surface area contributed by atoms with Crippen LogP contribution in [0.4, 0.5) is 0 Å². The largest absolute Gasteiger partial charge is 0.508 e. The van der Waals surface area contributed by atoms with E-state index in [4.69, 9.17) is 52.3 Å². The highest BCUT2D eigenvalue weighted by Crippen LogP contribution is 2.62. The number of esters is 8. The highest BCUT2D eigenvalue weighted by atomic mass is 17.1. The summed E-state index contributed by atoms with van der Waals surface area (Å²) in [4.78, 5) is 129. The molecule has 15 atom stereocenters. The molecular weight excluding hydrogens is 1840 g/mol. The van der Waals surface area contributed by atoms with Crippen molar-refractivity contribution in [1.82, 2.24) is 0 Å². The number of aromatic hydroxyl groups is 25. The van der Waals surface area contributed by atoms with E-state index in [0.29, 0.717) is 53.6 Å². The summed E-state index contributed by atoms with van der Waals surface area (Å²) in [6, 6.07) is 10.1. The maximum Gasteiger partial charge on any atom is 0.347 e. The number of ketones is 1. The second-order valence-electron chi connectivity index (χ2n) is 31.0. The number of phenols is 25. The zero-order chi connectivity index (χ0) is 99.3. The molecule has 13 unspecified atom stereocenters. The van der Waals surface area contributed by atoms with E-state index in [0.717, 1.165) is 0 Å². The van der Waals surface area contributed by atoms with Crippen molar-refractivity contribution in [3.05, 3.63) is 140 Å². The fourth-order valence-electron chi connectivity index (χ4n) is 16.9. The van der Waals surface area contributed by atoms with Crippen molar-refractivity contribution in [3.63, 3.8) is 0 Å². The molecule has 8 aliphatic heterocycles. The van der Waals surface area contributed by atoms with Gasteiger partial charge in [0.15, 0.2) is 129 Å². The Morgan fingerprint density at radius 2 is 0.801 bits per heavy atom. The second-order valence-corrected chi connectivity index (χ2v) is 31.0. The van der Waals surface area contributed by atoms with E-state index in [9.17, 15) is 202 Å². The summed E-state index contributed by atoms with van der Waals surface area (Å²) in [5.74, 6) is -48.0. The average Bonchev–Trinajstić information content (AvgIpc) is 1.53. The Balaban J connectivity index is 0.000000171. The van der Waals surface area contributed by atoms with Crippen molar-refractivity contribution in [2.75, 3.05) is 19.8 Å². The van der Waals surface area contributed by atoms with E-state index in [1.54, 1.807) is 0 Å². The van der Waals surface area contributed by atoms with Gasteiger partial charge < -0.3 is 201 Å². The molecule has 4 bridgehead atoms. The van der Waals surface area contributed by atoms with Crippen LogP contribution < -0.4 is 4.74 Å². The molecular formula is C85H68O51. The first-order valence-corrected chi connectivity index (χ1v) is 39.0. The van der Waals surface area contributed by atoms with Crippen LogP contribution in [0.5, 0.6) is 149 Å². The molecule has 31 N–H and O–H groups in total. The number of Topliss-reactive ketones (excluding diaryl/α,β-unsaturated/α-hetero) is 1. The molecule has 0 radical (unpaired) electrons. The van der Waals surface area contributed by atoms with Gasteiger partial charge in [-0.2, -0.15) is 0 Å². The minimum atomic E-state index is -3.61. The topological polar surface area (TPSA) is 882 Å². The van der Waals surface area contributed by atoms with Crippen molar-refractivity contribution < 1.29 is 254 Å². The molecule has 0 aromatic heterocycles. The summed E-state index contributed by atoms with van der Waals surface area (Å²) < 4.78 is 53.9. The van der Waals surface area contributed by atoms with Crippen LogP contribution in [0.1, 0.15) is 109 Å². The van der Waals surface area contributed by atoms with Crippen LogP contribution in [0.2, 0.25) is 0 Å². The van der Waals surface area contributed by atoms with Gasteiger partial charge in [0.25, 0.3) is 0 Å². The molecule has 9 aromatic rings. The van der Waals surface area contributed by atoms with Crippen LogP contribution in [0.25, 0.3) is 33.4 Å². The van der Waals surface area contributed by atoms with Gasteiger partial charge in [-0.25, -0.2) is 43.2 Å². The third kappa shape index (κ3) is 14.8. The van der Waals surface area contributed by atoms with E-state index in [2.05, 4.69) is 0 Å². The van der Waals surface area contributed by atoms with Gasteiger partial charge in [-0.15, -0.1) is 0 Å². The number of fused-ring (bicyclic) bond motifs is 16. The van der Waals surface area contributed by atoms with Crippen LogP contribution in [0, 0.1) is 5.92 Å². The molecule has 9 aromatic carbocycles. The van der Waals surface area contributed by atoms with Gasteiger partial charge in [-0.3, -0.25) is 10.1 Å². The van der Waals surface area contributed by atoms with Crippen LogP contribution in [-0.4, -0.2) is 299 Å². The number of hydrogen-bond donors (Lipinski definition) is 31. The fourth-order valence-corrected chi connectivity index (χ4v) is 16.9. The number of aliphatic hydroxyl groups excluding tert-OH is 4. The molecule has 0 spiro atoms. The summed E-state index contributed by atoms with van der Waals surface area (Å²) in [6.45, 7) is -1.62. The minimum absolute atomic E-state index is 0.143. The molecule has 1 fully saturated rings. The molecule has 9 aliphatic rings. The van der Waals surface area contributed by atoms with Crippen molar-refractivity contribution in [2.45, 2.75) is 98.3 Å². The SMILES string of the molecule is CCOC(=O)C1(O)C(=O)C2=C3C(=O)OC(C2O)C(C2C(O)COC(=O)c4cc(O)c(O)c(O)c4-c4c(cc(O)c(O)c4O)C2OO)OC(=O)c2cc(O)c(O)c(O)c2C31.O=C1OCC2OC(O)C3OC(=O)c4cc(O)c(O)c(O)c4-c4c(cc(O)c(O)c4O)C(=O)OC3C2OC(=O)c2cc(O)c(O)c(O)c2-c2c1cc(O)c(O)c2O.Oc1cc(O)c2c(c1)O[C@H](c1ccc(O)c(O)c1)[C@@H](O)C2. The predicted octanol–water partition coefficient (Wildman–Crippen LogP) is 1.38. The number of ether oxygens (including phenoxy) is 10. The summed E-state index contributed by atoms with van der Waals surface area (Å²) in [7, 11) is 0. The summed E-state index contributed by atoms with van der Waals surface area (Å²) >= 11 is 0. The van der Waals surface area contributed by atoms with Crippen molar-refractivity contribution in [3.8, 4) is 183 Å². The molecule has 51 nitrogen and oxygen atoms in total. The number of carbonyl (C=O) groups is 9. The number of aliphatic hydroxyl groups is 5. The summed E-state index contributed by atoms with van der Waals surface area (Å²) in [5.41, 5.74) is -18.6. The van der Waals surface area contributed by atoms with Crippen LogP contribution in [0.15, 0.2) is 83.9 Å². The molecule has 18 rings (SSSR count). The lowest BCUT2D eigenvalue weighted by molar-refractivity contribution is -0.311. The third-order valence-corrected chi connectivity index (χ3v) is 23.2. The number of rotatable bonds is 5. The first-order chi connectivity index (χ1) is 64.0. The first kappa shape index (κ1) is 93.3. The highest BCUT2D eigenvalue weighted by Gasteiger charge is 2.69. The molecule has 8 heterocycles. The van der Waals surface area contributed by atoms with Gasteiger partial charge in [0, 0.05) is 74.2 Å². The quantitative estimate of drug-likeness (QED) is 0.0289. The number of carbonyl (C=O) groups excluding carboxylic acids is 9. The monoisotopic (exact) mass is 1900 g/mol. The van der Waals surface area contributed by atoms with Crippen LogP contribution >= 0.6 is 0 Å². The molecule has 136 heavy (non-hydrogen) atoms. The number of cyclic esters (lactones) is 2. The van der Waals surface area contributed by atoms with Gasteiger partial charge >= 0.3 is 47.8 Å². The Bertz CT molecular complexity index is 6730. The van der Waals surface area contributed by atoms with Gasteiger partial charge in [0.05, 0.1) is 69.6 Å². The second kappa shape index (κ2) is 34.1. The highest BCUT2D eigenvalue weighted by molar-refractivity contribution is 6.25. The normalized spacial score (nSPS) is 24.1. The molecule has 1 saturated heterocycles. The lowest BCUT2D eigenvalue weighted by Crippen LogP contribution is -2.62. The third-order valence-electron chi connectivity index (χ3n) is 23.2. The van der Waals surface area contributed by atoms with Gasteiger partial charge in [-0.05, 0) is 67.1 Å². The standard InChI is InChI=1S/C36H30O23.C34H24O22.C15H14O6/c1-2-55-35(52)36(53)20-16-9(5-12(39)23(43)26(16)46)33(50)57-29(30-27(47)19(31(36)48)18(20)34(51)58-30)17-13(40)6-56-32(49)8-4-11(38)22(42)25(45)15(8)14-7(28(17)59-54)3-10(37)21(41)24(14)44;35-10-1-6-15(23(43)19(10)39)16-7(2-11(36)20(40)24(16)44)31(48)54-27-14(5-52-30(6)47)53-34(51)29-28(27)55-32(49)8-3-12(37)21(41)25(45)17(8)18-9(33(50)56-29)4-13(38)22(42)26(18)46;16-8-4-11(18)9-6-13(20)15(21-14(9)5-8)7-1-2-10(17)12(19)3-7/h3-5,13,17,20,27-30,37-47,53-54H,2,6H2,1H3;1-4,14,27-29,34-46,51H,5H2;1-5,13,15-20H,6H2/t;;13-,15+/m..0/s1. The number of benzene rings is 9. The van der Waals surface area contributed by atoms with E-state index in [1.807, 2.05) is 0 Å². The van der Waals surface area contributed by atoms with Crippen molar-refractivity contribution in [2.24, 2.45) is 5.92 Å². The van der Waals surface area contributed by atoms with E-state index >= 15 is 0 Å². The smallest absolute Gasteiger partial charge is 0.347 e. The zero-order valence-electron chi connectivity index (χ0n) is 67.9. The van der Waals surface area contributed by atoms with Crippen molar-refractivity contribution >= 4 is 53.5 Å². The first-order valence-electron chi connectivity index (χ1n) is 39.0. The maximum absolute atomic E-state index is 14.3. The van der Waals surface area contributed by atoms with E-state index < -0.39 is 374 Å². The summed E-state index contributed by atoms with van der Waals surface area (Å²) in [6.07, 6.45) is -25.2. The zero-order valence-corrected chi connectivity index (χ0v) is 67.9. The Morgan fingerprint density at radius 3 is 1.28 bits per heavy atom. The van der Waals surface area contributed by atoms with E-state index in [1.165, 1.54) is 37.3 Å². The average molecular weight is 1910 g/mol. The molecule has 0 saturated carbocycles. The minimum Gasteiger partial charge on any atom is -0.508 e.